The van der Waals surface area contributed by atoms with Gasteiger partial charge in [0.25, 0.3) is 0 Å². The van der Waals surface area contributed by atoms with Crippen molar-refractivity contribution < 1.29 is 9.05 Å². The first-order valence-corrected chi connectivity index (χ1v) is 13.0. The summed E-state index contributed by atoms with van der Waals surface area (Å²) in [6.45, 7) is 1.34. The van der Waals surface area contributed by atoms with Crippen molar-refractivity contribution in [2.75, 3.05) is 13.2 Å². The summed E-state index contributed by atoms with van der Waals surface area (Å²) in [6, 6.07) is 42.0. The van der Waals surface area contributed by atoms with Crippen molar-refractivity contribution in [3.63, 3.8) is 0 Å². The van der Waals surface area contributed by atoms with E-state index in [1.54, 1.807) is 0 Å². The van der Waals surface area contributed by atoms with E-state index in [2.05, 4.69) is 97.1 Å². The van der Waals surface area contributed by atoms with E-state index in [-0.39, 0.29) is 0 Å². The van der Waals surface area contributed by atoms with Gasteiger partial charge in [-0.25, -0.2) is 0 Å². The fourth-order valence-electron chi connectivity index (χ4n) is 3.22. The quantitative estimate of drug-likeness (QED) is 0.237. The summed E-state index contributed by atoms with van der Waals surface area (Å²) in [5, 5.41) is 4.95. The van der Waals surface area contributed by atoms with Gasteiger partial charge >= 0.3 is 0 Å². The van der Waals surface area contributed by atoms with E-state index in [0.717, 1.165) is 6.42 Å². The van der Waals surface area contributed by atoms with Crippen LogP contribution in [0.15, 0.2) is 121 Å². The molecule has 0 saturated carbocycles. The normalized spacial score (nSPS) is 11.2. The van der Waals surface area contributed by atoms with Gasteiger partial charge in [0.1, 0.15) is 0 Å². The molecule has 0 aliphatic heterocycles. The molecule has 0 saturated heterocycles. The average molecular weight is 444 g/mol. The first-order valence-electron chi connectivity index (χ1n) is 10.5. The molecule has 0 atom stereocenters. The van der Waals surface area contributed by atoms with Crippen molar-refractivity contribution in [3.8, 4) is 0 Å². The van der Waals surface area contributed by atoms with E-state index in [1.807, 2.05) is 24.3 Å². The van der Waals surface area contributed by atoms with Crippen LogP contribution in [0.4, 0.5) is 0 Å². The van der Waals surface area contributed by atoms with E-state index in [4.69, 9.17) is 9.05 Å². The predicted octanol–water partition coefficient (Wildman–Crippen LogP) is 5.51. The maximum Gasteiger partial charge on any atom is 0.0917 e. The largest absolute Gasteiger partial charge is 0.350 e. The van der Waals surface area contributed by atoms with Gasteiger partial charge < -0.3 is 9.05 Å². The molecule has 4 aromatic rings. The van der Waals surface area contributed by atoms with Crippen LogP contribution in [0.1, 0.15) is 6.42 Å². The Morgan fingerprint density at radius 1 is 0.387 bits per heavy atom. The molecule has 4 aromatic carbocycles. The Balaban J connectivity index is 1.37. The second kappa shape index (κ2) is 11.9. The Kier molecular flexibility index (Phi) is 8.39. The van der Waals surface area contributed by atoms with Crippen molar-refractivity contribution in [1.82, 2.24) is 0 Å². The minimum atomic E-state index is -0.821. The molecule has 0 spiro atoms. The van der Waals surface area contributed by atoms with Crippen LogP contribution in [0.2, 0.25) is 0 Å². The fraction of sp³-hybridized carbons (Fsp3) is 0.111. The maximum atomic E-state index is 6.40. The average Bonchev–Trinajstić information content (AvgIpc) is 2.86. The zero-order chi connectivity index (χ0) is 21.1. The Morgan fingerprint density at radius 2 is 0.645 bits per heavy atom. The molecule has 4 heteroatoms. The highest BCUT2D eigenvalue weighted by Gasteiger charge is 2.16. The molecule has 31 heavy (non-hydrogen) atoms. The van der Waals surface area contributed by atoms with Gasteiger partial charge in [0.2, 0.25) is 0 Å². The van der Waals surface area contributed by atoms with Gasteiger partial charge in [0.15, 0.2) is 0 Å². The van der Waals surface area contributed by atoms with Crippen molar-refractivity contribution in [2.24, 2.45) is 0 Å². The summed E-state index contributed by atoms with van der Waals surface area (Å²) in [4.78, 5) is 0. The van der Waals surface area contributed by atoms with E-state index in [0.29, 0.717) is 13.2 Å². The highest BCUT2D eigenvalue weighted by atomic mass is 31.1. The Labute approximate surface area is 187 Å². The second-order valence-corrected chi connectivity index (χ2v) is 10.7. The molecule has 2 nitrogen and oxygen atoms in total. The lowest BCUT2D eigenvalue weighted by molar-refractivity contribution is 0.283. The van der Waals surface area contributed by atoms with Crippen LogP contribution in [0, 0.1) is 0 Å². The van der Waals surface area contributed by atoms with Crippen LogP contribution in [0.3, 0.4) is 0 Å². The van der Waals surface area contributed by atoms with E-state index < -0.39 is 16.3 Å². The predicted molar refractivity (Wildman–Crippen MR) is 135 cm³/mol. The minimum Gasteiger partial charge on any atom is -0.350 e. The van der Waals surface area contributed by atoms with Gasteiger partial charge in [0.05, 0.1) is 29.5 Å². The summed E-state index contributed by atoms with van der Waals surface area (Å²) in [5.74, 6) is 0. The second-order valence-electron chi connectivity index (χ2n) is 6.95. The number of rotatable bonds is 10. The molecule has 0 unspecified atom stereocenters. The van der Waals surface area contributed by atoms with Crippen molar-refractivity contribution in [3.05, 3.63) is 121 Å². The summed E-state index contributed by atoms with van der Waals surface area (Å²) in [5.41, 5.74) is 0. The van der Waals surface area contributed by atoms with E-state index >= 15 is 0 Å². The molecular formula is C27H26O2P2. The summed E-state index contributed by atoms with van der Waals surface area (Å²) in [6.07, 6.45) is 0.858. The van der Waals surface area contributed by atoms with Crippen LogP contribution in [-0.2, 0) is 9.05 Å². The molecule has 0 aliphatic rings. The van der Waals surface area contributed by atoms with Crippen LogP contribution < -0.4 is 21.2 Å². The molecule has 0 aliphatic carbocycles. The third kappa shape index (κ3) is 6.33. The van der Waals surface area contributed by atoms with Gasteiger partial charge in [-0.1, -0.05) is 121 Å². The number of benzene rings is 4. The van der Waals surface area contributed by atoms with Crippen molar-refractivity contribution in [2.45, 2.75) is 6.42 Å². The smallest absolute Gasteiger partial charge is 0.0917 e. The summed E-state index contributed by atoms with van der Waals surface area (Å²) >= 11 is 0. The van der Waals surface area contributed by atoms with E-state index in [9.17, 15) is 0 Å². The number of hydrogen-bond donors (Lipinski definition) is 0. The molecule has 0 fully saturated rings. The van der Waals surface area contributed by atoms with Gasteiger partial charge in [0, 0.05) is 21.2 Å². The van der Waals surface area contributed by atoms with Gasteiger partial charge in [-0.05, 0) is 6.42 Å². The van der Waals surface area contributed by atoms with Gasteiger partial charge in [-0.15, -0.1) is 0 Å². The minimum absolute atomic E-state index is 0.669. The zero-order valence-electron chi connectivity index (χ0n) is 17.4. The van der Waals surface area contributed by atoms with E-state index in [1.165, 1.54) is 21.2 Å². The monoisotopic (exact) mass is 444 g/mol. The lowest BCUT2D eigenvalue weighted by Crippen LogP contribution is -2.16. The number of hydrogen-bond acceptors (Lipinski definition) is 2. The SMILES string of the molecule is c1ccc(P(OCCCOP(c2ccccc2)c2ccccc2)c2ccccc2)cc1. The first kappa shape index (κ1) is 21.9. The fourth-order valence-corrected chi connectivity index (χ4v) is 6.81. The molecule has 0 aromatic heterocycles. The van der Waals surface area contributed by atoms with Crippen LogP contribution in [-0.4, -0.2) is 13.2 Å². The van der Waals surface area contributed by atoms with Gasteiger partial charge in [-0.2, -0.15) is 0 Å². The molecule has 0 heterocycles. The molecule has 0 bridgehead atoms. The molecule has 156 valence electrons. The molecule has 0 radical (unpaired) electrons. The first-order chi connectivity index (χ1) is 15.4. The Bertz CT molecular complexity index is 848. The zero-order valence-corrected chi connectivity index (χ0v) is 19.2. The highest BCUT2D eigenvalue weighted by Crippen LogP contribution is 2.36. The van der Waals surface area contributed by atoms with Crippen molar-refractivity contribution >= 4 is 37.5 Å². The van der Waals surface area contributed by atoms with Crippen LogP contribution >= 0.6 is 16.3 Å². The third-order valence-electron chi connectivity index (χ3n) is 4.69. The lowest BCUT2D eigenvalue weighted by atomic mass is 10.4. The molecule has 4 rings (SSSR count). The molecular weight excluding hydrogens is 418 g/mol. The summed E-state index contributed by atoms with van der Waals surface area (Å²) < 4.78 is 12.8. The standard InChI is InChI=1S/C27H26O2P2/c1-5-14-24(15-6-1)30(25-16-7-2-8-17-25)28-22-13-23-29-31(26-18-9-3-10-19-26)27-20-11-4-12-21-27/h1-12,14-21H,13,22-23H2. The van der Waals surface area contributed by atoms with Gasteiger partial charge in [-0.3, -0.25) is 0 Å². The lowest BCUT2D eigenvalue weighted by Gasteiger charge is -2.20. The van der Waals surface area contributed by atoms with Crippen molar-refractivity contribution in [1.29, 1.82) is 0 Å². The van der Waals surface area contributed by atoms with Crippen LogP contribution in [0.5, 0.6) is 0 Å². The topological polar surface area (TPSA) is 18.5 Å². The maximum absolute atomic E-state index is 6.40. The molecule has 0 amide bonds. The Morgan fingerprint density at radius 3 is 0.903 bits per heavy atom. The Hall–Kier alpha value is -2.34. The van der Waals surface area contributed by atoms with Crippen LogP contribution in [0.25, 0.3) is 0 Å². The summed E-state index contributed by atoms with van der Waals surface area (Å²) in [7, 11) is -1.64. The third-order valence-corrected chi connectivity index (χ3v) is 8.64. The molecule has 0 N–H and O–H groups in total. The highest BCUT2D eigenvalue weighted by molar-refractivity contribution is 7.68.